The van der Waals surface area contributed by atoms with E-state index in [0.717, 1.165) is 37.4 Å². The lowest BCUT2D eigenvalue weighted by Gasteiger charge is -2.10. The number of halogens is 4. The summed E-state index contributed by atoms with van der Waals surface area (Å²) < 4.78 is 44.0. The van der Waals surface area contributed by atoms with Crippen LogP contribution in [-0.4, -0.2) is 11.7 Å². The Kier molecular flexibility index (Phi) is 3.57. The highest BCUT2D eigenvalue weighted by atomic mass is 35.5. The van der Waals surface area contributed by atoms with Crippen LogP contribution in [-0.2, 0) is 12.6 Å². The molecule has 0 radical (unpaired) electrons. The van der Waals surface area contributed by atoms with Gasteiger partial charge >= 0.3 is 6.18 Å². The Morgan fingerprint density at radius 1 is 1.24 bits per heavy atom. The van der Waals surface area contributed by atoms with Crippen LogP contribution in [0.3, 0.4) is 0 Å². The molecule has 112 valence electrons. The van der Waals surface area contributed by atoms with E-state index >= 15 is 0 Å². The van der Waals surface area contributed by atoms with Gasteiger partial charge in [0.1, 0.15) is 5.69 Å². The lowest BCUT2D eigenvalue weighted by atomic mass is 10.0. The Morgan fingerprint density at radius 2 is 2.05 bits per heavy atom. The van der Waals surface area contributed by atoms with E-state index < -0.39 is 11.7 Å². The third kappa shape index (κ3) is 2.72. The lowest BCUT2D eigenvalue weighted by Crippen LogP contribution is -2.06. The zero-order valence-electron chi connectivity index (χ0n) is 10.9. The Hall–Kier alpha value is -1.69. The maximum Gasteiger partial charge on any atom is 0.417 e. The normalized spacial score (nSPS) is 15.2. The fraction of sp³-hybridized carbons (Fsp3) is 0.357. The average Bonchev–Trinajstić information content (AvgIpc) is 2.67. The van der Waals surface area contributed by atoms with Crippen LogP contribution < -0.4 is 5.32 Å². The summed E-state index contributed by atoms with van der Waals surface area (Å²) in [6.45, 7) is 0.774. The van der Waals surface area contributed by atoms with Gasteiger partial charge in [0.15, 0.2) is 0 Å². The van der Waals surface area contributed by atoms with Crippen LogP contribution in [0, 0.1) is 0 Å². The number of hydrogen-bond acceptors (Lipinski definition) is 3. The number of fused-ring (bicyclic) bond motifs is 1. The first kappa shape index (κ1) is 14.3. The summed E-state index contributed by atoms with van der Waals surface area (Å²) in [4.78, 5) is 0. The summed E-state index contributed by atoms with van der Waals surface area (Å²) in [5.41, 5.74) is 0.768. The molecule has 0 saturated carbocycles. The van der Waals surface area contributed by atoms with E-state index in [0.29, 0.717) is 17.1 Å². The molecule has 0 spiro atoms. The van der Waals surface area contributed by atoms with Crippen molar-refractivity contribution in [3.8, 4) is 11.3 Å². The minimum Gasteiger partial charge on any atom is -0.354 e. The largest absolute Gasteiger partial charge is 0.417 e. The number of rotatable bonds is 1. The first-order chi connectivity index (χ1) is 9.97. The van der Waals surface area contributed by atoms with Crippen molar-refractivity contribution in [2.75, 3.05) is 11.9 Å². The van der Waals surface area contributed by atoms with Crippen LogP contribution in [0.1, 0.15) is 24.0 Å². The second kappa shape index (κ2) is 5.26. The minimum absolute atomic E-state index is 0.320. The average molecular weight is 317 g/mol. The summed E-state index contributed by atoms with van der Waals surface area (Å²) in [6.07, 6.45) is -1.84. The predicted octanol–water partition coefficient (Wildman–Crippen LogP) is 4.76. The molecule has 3 rings (SSSR count). The highest BCUT2D eigenvalue weighted by Crippen LogP contribution is 2.39. The summed E-state index contributed by atoms with van der Waals surface area (Å²) >= 11 is 5.64. The zero-order chi connectivity index (χ0) is 15.0. The van der Waals surface area contributed by atoms with Crippen LogP contribution in [0.2, 0.25) is 5.02 Å². The van der Waals surface area contributed by atoms with Gasteiger partial charge < -0.3 is 9.84 Å². The van der Waals surface area contributed by atoms with Gasteiger partial charge in [0.2, 0.25) is 5.88 Å². The number of aromatic nitrogens is 1. The second-order valence-corrected chi connectivity index (χ2v) is 5.32. The van der Waals surface area contributed by atoms with Crippen LogP contribution in [0.5, 0.6) is 0 Å². The highest BCUT2D eigenvalue weighted by molar-refractivity contribution is 6.31. The SMILES string of the molecule is FC(F)(F)c1cc(-c2noc3c2CCCCN3)ccc1Cl. The van der Waals surface area contributed by atoms with Gasteiger partial charge in [-0.2, -0.15) is 13.2 Å². The fourth-order valence-electron chi connectivity index (χ4n) is 2.43. The van der Waals surface area contributed by atoms with Gasteiger partial charge in [0.25, 0.3) is 0 Å². The predicted molar refractivity (Wildman–Crippen MR) is 73.4 cm³/mol. The van der Waals surface area contributed by atoms with Gasteiger partial charge in [-0.25, -0.2) is 0 Å². The number of alkyl halides is 3. The van der Waals surface area contributed by atoms with Crippen molar-refractivity contribution in [2.24, 2.45) is 0 Å². The molecule has 1 N–H and O–H groups in total. The van der Waals surface area contributed by atoms with E-state index in [4.69, 9.17) is 16.1 Å². The molecule has 0 aliphatic carbocycles. The monoisotopic (exact) mass is 316 g/mol. The molecule has 0 saturated heterocycles. The second-order valence-electron chi connectivity index (χ2n) is 4.92. The number of nitrogens with zero attached hydrogens (tertiary/aromatic N) is 1. The van der Waals surface area contributed by atoms with Crippen LogP contribution >= 0.6 is 11.6 Å². The molecule has 0 fully saturated rings. The van der Waals surface area contributed by atoms with E-state index in [-0.39, 0.29) is 5.02 Å². The van der Waals surface area contributed by atoms with Gasteiger partial charge in [-0.15, -0.1) is 0 Å². The van der Waals surface area contributed by atoms with Gasteiger partial charge in [0.05, 0.1) is 10.6 Å². The van der Waals surface area contributed by atoms with Crippen molar-refractivity contribution in [3.05, 3.63) is 34.3 Å². The zero-order valence-corrected chi connectivity index (χ0v) is 11.7. The van der Waals surface area contributed by atoms with Crippen molar-refractivity contribution in [1.29, 1.82) is 0 Å². The van der Waals surface area contributed by atoms with Crippen LogP contribution in [0.4, 0.5) is 19.1 Å². The molecule has 0 unspecified atom stereocenters. The molecular weight excluding hydrogens is 305 g/mol. The van der Waals surface area contributed by atoms with E-state index in [9.17, 15) is 13.2 Å². The van der Waals surface area contributed by atoms with Crippen molar-refractivity contribution >= 4 is 17.5 Å². The topological polar surface area (TPSA) is 38.1 Å². The highest BCUT2D eigenvalue weighted by Gasteiger charge is 2.34. The molecule has 7 heteroatoms. The van der Waals surface area contributed by atoms with Crippen LogP contribution in [0.25, 0.3) is 11.3 Å². The van der Waals surface area contributed by atoms with Gasteiger partial charge in [-0.3, -0.25) is 0 Å². The molecule has 1 aliphatic heterocycles. The molecule has 1 aliphatic rings. The molecule has 3 nitrogen and oxygen atoms in total. The van der Waals surface area contributed by atoms with E-state index in [1.807, 2.05) is 0 Å². The van der Waals surface area contributed by atoms with E-state index in [1.54, 1.807) is 0 Å². The Balaban J connectivity index is 2.07. The van der Waals surface area contributed by atoms with Gasteiger partial charge in [-0.05, 0) is 31.4 Å². The molecule has 1 aromatic carbocycles. The van der Waals surface area contributed by atoms with E-state index in [1.165, 1.54) is 12.1 Å². The third-order valence-corrected chi connectivity index (χ3v) is 3.80. The Morgan fingerprint density at radius 3 is 2.81 bits per heavy atom. The Labute approximate surface area is 124 Å². The summed E-state index contributed by atoms with van der Waals surface area (Å²) in [5.74, 6) is 0.547. The standard InChI is InChI=1S/C14H12ClF3N2O/c15-11-5-4-8(7-10(11)14(16,17)18)12-9-3-1-2-6-19-13(9)21-20-12/h4-5,7,19H,1-3,6H2. The smallest absolute Gasteiger partial charge is 0.354 e. The molecule has 0 bridgehead atoms. The van der Waals surface area contributed by atoms with Crippen molar-refractivity contribution in [1.82, 2.24) is 5.16 Å². The first-order valence-corrected chi connectivity index (χ1v) is 6.94. The van der Waals surface area contributed by atoms with Gasteiger partial charge in [-0.1, -0.05) is 22.8 Å². The number of anilines is 1. The van der Waals surface area contributed by atoms with E-state index in [2.05, 4.69) is 10.5 Å². The molecule has 2 aromatic rings. The molecular formula is C14H12ClF3N2O. The number of hydrogen-bond donors (Lipinski definition) is 1. The number of nitrogens with one attached hydrogen (secondary N) is 1. The quantitative estimate of drug-likeness (QED) is 0.824. The van der Waals surface area contributed by atoms with Crippen molar-refractivity contribution in [2.45, 2.75) is 25.4 Å². The molecule has 21 heavy (non-hydrogen) atoms. The first-order valence-electron chi connectivity index (χ1n) is 6.56. The van der Waals surface area contributed by atoms with Crippen molar-refractivity contribution in [3.63, 3.8) is 0 Å². The molecule has 0 amide bonds. The minimum atomic E-state index is -4.49. The summed E-state index contributed by atoms with van der Waals surface area (Å²) in [7, 11) is 0. The van der Waals surface area contributed by atoms with Crippen LogP contribution in [0.15, 0.2) is 22.7 Å². The maximum absolute atomic E-state index is 12.9. The molecule has 0 atom stereocenters. The maximum atomic E-state index is 12.9. The van der Waals surface area contributed by atoms with Gasteiger partial charge in [0, 0.05) is 17.7 Å². The Bertz CT molecular complexity index is 667. The summed E-state index contributed by atoms with van der Waals surface area (Å²) in [6, 6.07) is 3.79. The lowest BCUT2D eigenvalue weighted by molar-refractivity contribution is -0.137. The summed E-state index contributed by atoms with van der Waals surface area (Å²) in [5, 5.41) is 6.69. The fourth-order valence-corrected chi connectivity index (χ4v) is 2.65. The third-order valence-electron chi connectivity index (χ3n) is 3.47. The van der Waals surface area contributed by atoms with Crippen molar-refractivity contribution < 1.29 is 17.7 Å². The number of benzene rings is 1. The molecule has 1 aromatic heterocycles. The molecule has 2 heterocycles.